The van der Waals surface area contributed by atoms with Gasteiger partial charge in [-0.2, -0.15) is 0 Å². The zero-order chi connectivity index (χ0) is 12.8. The number of aromatic nitrogens is 1. The molecule has 2 aromatic rings. The zero-order valence-electron chi connectivity index (χ0n) is 10.3. The number of nitrogens with one attached hydrogen (secondary N) is 1. The van der Waals surface area contributed by atoms with Crippen molar-refractivity contribution in [3.05, 3.63) is 60.4 Å². The summed E-state index contributed by atoms with van der Waals surface area (Å²) >= 11 is 0. The van der Waals surface area contributed by atoms with Crippen LogP contribution in [0.1, 0.15) is 24.8 Å². The van der Waals surface area contributed by atoms with Gasteiger partial charge in [0.1, 0.15) is 0 Å². The maximum atomic E-state index is 12.2. The van der Waals surface area contributed by atoms with Gasteiger partial charge in [-0.1, -0.05) is 37.3 Å². The molecule has 1 atom stereocenters. The third kappa shape index (κ3) is 2.94. The lowest BCUT2D eigenvalue weighted by molar-refractivity contribution is -0.117. The third-order valence-corrected chi connectivity index (χ3v) is 2.86. The Bertz CT molecular complexity index is 496. The van der Waals surface area contributed by atoms with E-state index in [1.54, 1.807) is 18.5 Å². The molecule has 18 heavy (non-hydrogen) atoms. The van der Waals surface area contributed by atoms with Gasteiger partial charge in [-0.05, 0) is 24.1 Å². The molecular weight excluding hydrogens is 224 g/mol. The van der Waals surface area contributed by atoms with E-state index in [0.717, 1.165) is 17.7 Å². The zero-order valence-corrected chi connectivity index (χ0v) is 10.3. The van der Waals surface area contributed by atoms with Crippen LogP contribution in [0, 0.1) is 0 Å². The van der Waals surface area contributed by atoms with E-state index in [1.165, 1.54) is 0 Å². The number of nitrogens with zero attached hydrogens (tertiary/aromatic N) is 1. The standard InChI is InChI=1S/C15H16N2O/c1-2-14(12-7-4-3-5-8-12)15(18)17-13-9-6-10-16-11-13/h3-11,14H,2H2,1H3,(H,17,18)/t14-/m0/s1. The molecule has 0 bridgehead atoms. The van der Waals surface area contributed by atoms with Crippen molar-refractivity contribution in [2.45, 2.75) is 19.3 Å². The molecular formula is C15H16N2O. The van der Waals surface area contributed by atoms with E-state index >= 15 is 0 Å². The summed E-state index contributed by atoms with van der Waals surface area (Å²) in [5.41, 5.74) is 1.78. The van der Waals surface area contributed by atoms with Gasteiger partial charge in [-0.25, -0.2) is 0 Å². The first-order valence-corrected chi connectivity index (χ1v) is 6.07. The second-order valence-electron chi connectivity index (χ2n) is 4.10. The number of hydrogen-bond donors (Lipinski definition) is 1. The number of carbonyl (C=O) groups is 1. The Morgan fingerprint density at radius 1 is 1.22 bits per heavy atom. The Kier molecular flexibility index (Phi) is 4.07. The van der Waals surface area contributed by atoms with E-state index in [4.69, 9.17) is 0 Å². The fourth-order valence-electron chi connectivity index (χ4n) is 1.92. The average molecular weight is 240 g/mol. The van der Waals surface area contributed by atoms with Crippen LogP contribution in [-0.4, -0.2) is 10.9 Å². The molecule has 1 N–H and O–H groups in total. The van der Waals surface area contributed by atoms with Gasteiger partial charge in [0.2, 0.25) is 5.91 Å². The minimum absolute atomic E-state index is 0.0108. The van der Waals surface area contributed by atoms with E-state index in [0.29, 0.717) is 0 Å². The van der Waals surface area contributed by atoms with Gasteiger partial charge in [0.15, 0.2) is 0 Å². The number of hydrogen-bond acceptors (Lipinski definition) is 2. The summed E-state index contributed by atoms with van der Waals surface area (Å²) in [5, 5.41) is 2.89. The lowest BCUT2D eigenvalue weighted by Gasteiger charge is -2.15. The fraction of sp³-hybridized carbons (Fsp3) is 0.200. The molecule has 1 aromatic carbocycles. The molecule has 3 nitrogen and oxygen atoms in total. The quantitative estimate of drug-likeness (QED) is 0.891. The second-order valence-corrected chi connectivity index (χ2v) is 4.10. The molecule has 0 saturated heterocycles. The summed E-state index contributed by atoms with van der Waals surface area (Å²) in [5.74, 6) is -0.108. The molecule has 2 rings (SSSR count). The van der Waals surface area contributed by atoms with Gasteiger partial charge in [0.25, 0.3) is 0 Å². The number of carbonyl (C=O) groups excluding carboxylic acids is 1. The van der Waals surface area contributed by atoms with Crippen molar-refractivity contribution >= 4 is 11.6 Å². The normalized spacial score (nSPS) is 11.8. The second kappa shape index (κ2) is 5.96. The topological polar surface area (TPSA) is 42.0 Å². The van der Waals surface area contributed by atoms with E-state index < -0.39 is 0 Å². The van der Waals surface area contributed by atoms with Crippen molar-refractivity contribution in [3.63, 3.8) is 0 Å². The number of amides is 1. The minimum Gasteiger partial charge on any atom is -0.324 e. The highest BCUT2D eigenvalue weighted by molar-refractivity contribution is 5.95. The van der Waals surface area contributed by atoms with Gasteiger partial charge in [0, 0.05) is 6.20 Å². The lowest BCUT2D eigenvalue weighted by Crippen LogP contribution is -2.20. The van der Waals surface area contributed by atoms with Crippen LogP contribution in [-0.2, 0) is 4.79 Å². The summed E-state index contributed by atoms with van der Waals surface area (Å²) < 4.78 is 0. The first kappa shape index (κ1) is 12.3. The fourth-order valence-corrected chi connectivity index (χ4v) is 1.92. The van der Waals surface area contributed by atoms with Crippen LogP contribution < -0.4 is 5.32 Å². The number of benzene rings is 1. The summed E-state index contributed by atoms with van der Waals surface area (Å²) in [6, 6.07) is 13.5. The van der Waals surface area contributed by atoms with Crippen LogP contribution in [0.5, 0.6) is 0 Å². The van der Waals surface area contributed by atoms with Crippen LogP contribution in [0.4, 0.5) is 5.69 Å². The average Bonchev–Trinajstić information content (AvgIpc) is 2.42. The van der Waals surface area contributed by atoms with Crippen molar-refractivity contribution in [1.82, 2.24) is 4.98 Å². The Morgan fingerprint density at radius 3 is 2.61 bits per heavy atom. The van der Waals surface area contributed by atoms with Gasteiger partial charge in [-0.3, -0.25) is 9.78 Å². The van der Waals surface area contributed by atoms with Crippen molar-refractivity contribution in [1.29, 1.82) is 0 Å². The van der Waals surface area contributed by atoms with Crippen LogP contribution in [0.2, 0.25) is 0 Å². The first-order chi connectivity index (χ1) is 8.81. The Balaban J connectivity index is 2.12. The van der Waals surface area contributed by atoms with Crippen LogP contribution in [0.15, 0.2) is 54.9 Å². The SMILES string of the molecule is CC[C@H](C(=O)Nc1cccnc1)c1ccccc1. The van der Waals surface area contributed by atoms with Crippen LogP contribution >= 0.6 is 0 Å². The molecule has 92 valence electrons. The monoisotopic (exact) mass is 240 g/mol. The van der Waals surface area contributed by atoms with Gasteiger partial charge in [0.05, 0.1) is 17.8 Å². The first-order valence-electron chi connectivity index (χ1n) is 6.07. The molecule has 0 radical (unpaired) electrons. The Hall–Kier alpha value is -2.16. The van der Waals surface area contributed by atoms with Crippen molar-refractivity contribution in [3.8, 4) is 0 Å². The molecule has 0 unspecified atom stereocenters. The van der Waals surface area contributed by atoms with E-state index in [2.05, 4.69) is 10.3 Å². The molecule has 3 heteroatoms. The molecule has 0 spiro atoms. The minimum atomic E-state index is -0.119. The maximum Gasteiger partial charge on any atom is 0.231 e. The number of pyridine rings is 1. The Morgan fingerprint density at radius 2 is 2.00 bits per heavy atom. The van der Waals surface area contributed by atoms with E-state index in [9.17, 15) is 4.79 Å². The highest BCUT2D eigenvalue weighted by Gasteiger charge is 2.18. The Labute approximate surface area is 107 Å². The van der Waals surface area contributed by atoms with Crippen molar-refractivity contribution < 1.29 is 4.79 Å². The van der Waals surface area contributed by atoms with Gasteiger partial charge >= 0.3 is 0 Å². The highest BCUT2D eigenvalue weighted by Crippen LogP contribution is 2.21. The summed E-state index contributed by atoms with van der Waals surface area (Å²) in [4.78, 5) is 16.2. The predicted octanol–water partition coefficient (Wildman–Crippen LogP) is 3.21. The molecule has 1 aromatic heterocycles. The lowest BCUT2D eigenvalue weighted by atomic mass is 9.95. The van der Waals surface area contributed by atoms with Crippen LogP contribution in [0.3, 0.4) is 0 Å². The molecule has 1 amide bonds. The summed E-state index contributed by atoms with van der Waals surface area (Å²) in [7, 11) is 0. The smallest absolute Gasteiger partial charge is 0.231 e. The van der Waals surface area contributed by atoms with Gasteiger partial charge in [-0.15, -0.1) is 0 Å². The van der Waals surface area contributed by atoms with E-state index in [-0.39, 0.29) is 11.8 Å². The van der Waals surface area contributed by atoms with Gasteiger partial charge < -0.3 is 5.32 Å². The number of rotatable bonds is 4. The molecule has 0 aliphatic heterocycles. The molecule has 0 fully saturated rings. The molecule has 0 aliphatic rings. The van der Waals surface area contributed by atoms with Crippen molar-refractivity contribution in [2.24, 2.45) is 0 Å². The highest BCUT2D eigenvalue weighted by atomic mass is 16.1. The molecule has 0 saturated carbocycles. The van der Waals surface area contributed by atoms with Crippen LogP contribution in [0.25, 0.3) is 0 Å². The molecule has 1 heterocycles. The number of anilines is 1. The largest absolute Gasteiger partial charge is 0.324 e. The van der Waals surface area contributed by atoms with Crippen molar-refractivity contribution in [2.75, 3.05) is 5.32 Å². The summed E-state index contributed by atoms with van der Waals surface area (Å²) in [6.45, 7) is 2.01. The summed E-state index contributed by atoms with van der Waals surface area (Å²) in [6.07, 6.45) is 4.11. The van der Waals surface area contributed by atoms with E-state index in [1.807, 2.05) is 43.3 Å². The maximum absolute atomic E-state index is 12.2. The third-order valence-electron chi connectivity index (χ3n) is 2.86. The predicted molar refractivity (Wildman–Crippen MR) is 72.3 cm³/mol. The molecule has 0 aliphatic carbocycles.